The lowest BCUT2D eigenvalue weighted by Crippen LogP contribution is -2.37. The summed E-state index contributed by atoms with van der Waals surface area (Å²) in [6.07, 6.45) is 4.50. The number of hydrogen-bond donors (Lipinski definition) is 2. The van der Waals surface area contributed by atoms with Crippen molar-refractivity contribution >= 4 is 23.0 Å². The lowest BCUT2D eigenvalue weighted by Gasteiger charge is -2.27. The fraction of sp³-hybridized carbons (Fsp3) is 0.381. The van der Waals surface area contributed by atoms with Gasteiger partial charge in [0.2, 0.25) is 0 Å². The number of aromatic nitrogens is 4. The number of nitrogens with zero attached hydrogens (tertiary/aromatic N) is 4. The van der Waals surface area contributed by atoms with Crippen LogP contribution in [0.15, 0.2) is 85.2 Å². The minimum Gasteiger partial charge on any atom is -0.444 e. The SMILES string of the molecule is C=C1C[C@@H](c2ncc(-c3ccc4cc(-c5ccc(-c6cnc([C@@H]7CC(C)CN7C(=O)OC(C)(C)C)[nH]6)cc5)ccc4c3)[nH]2)N(C(=O)OC(C)(C)C)C1. The van der Waals surface area contributed by atoms with Gasteiger partial charge in [-0.2, -0.15) is 0 Å². The van der Waals surface area contributed by atoms with Crippen molar-refractivity contribution in [3.05, 3.63) is 96.9 Å². The van der Waals surface area contributed by atoms with Crippen molar-refractivity contribution in [1.29, 1.82) is 0 Å². The van der Waals surface area contributed by atoms with Crippen LogP contribution in [0.25, 0.3) is 44.4 Å². The van der Waals surface area contributed by atoms with Crippen molar-refractivity contribution in [1.82, 2.24) is 29.7 Å². The minimum absolute atomic E-state index is 0.145. The molecule has 0 spiro atoms. The molecule has 3 atom stereocenters. The molecule has 4 heterocycles. The maximum atomic E-state index is 13.0. The molecule has 10 heteroatoms. The van der Waals surface area contributed by atoms with Crippen LogP contribution in [0.1, 0.15) is 85.0 Å². The number of fused-ring (bicyclic) bond motifs is 1. The van der Waals surface area contributed by atoms with Gasteiger partial charge in [0.25, 0.3) is 0 Å². The molecular formula is C42H48N6O4. The van der Waals surface area contributed by atoms with Gasteiger partial charge in [-0.15, -0.1) is 0 Å². The van der Waals surface area contributed by atoms with Crippen molar-refractivity contribution in [2.24, 2.45) is 5.92 Å². The third-order valence-electron chi connectivity index (χ3n) is 9.52. The number of ether oxygens (including phenoxy) is 2. The Bertz CT molecular complexity index is 2130. The number of amides is 2. The number of carbonyl (C=O) groups is 2. The first-order valence-corrected chi connectivity index (χ1v) is 18.0. The van der Waals surface area contributed by atoms with Gasteiger partial charge in [0.15, 0.2) is 0 Å². The smallest absolute Gasteiger partial charge is 0.411 e. The molecule has 10 nitrogen and oxygen atoms in total. The molecule has 0 saturated carbocycles. The van der Waals surface area contributed by atoms with E-state index >= 15 is 0 Å². The zero-order chi connectivity index (χ0) is 36.9. The van der Waals surface area contributed by atoms with E-state index in [1.807, 2.05) is 53.9 Å². The van der Waals surface area contributed by atoms with Crippen LogP contribution in [0.2, 0.25) is 0 Å². The molecule has 2 aromatic heterocycles. The molecule has 2 aliphatic heterocycles. The second kappa shape index (κ2) is 13.3. The Balaban J connectivity index is 1.05. The number of benzene rings is 3. The number of aromatic amines is 2. The zero-order valence-electron chi connectivity index (χ0n) is 31.1. The number of rotatable bonds is 5. The van der Waals surface area contributed by atoms with Crippen molar-refractivity contribution in [2.75, 3.05) is 13.1 Å². The first-order valence-electron chi connectivity index (χ1n) is 18.0. The van der Waals surface area contributed by atoms with E-state index in [-0.39, 0.29) is 24.3 Å². The molecule has 7 rings (SSSR count). The number of nitrogens with one attached hydrogen (secondary N) is 2. The number of H-pyrrole nitrogens is 2. The van der Waals surface area contributed by atoms with Crippen LogP contribution in [0.4, 0.5) is 9.59 Å². The second-order valence-corrected chi connectivity index (χ2v) is 16.3. The molecule has 2 N–H and O–H groups in total. The molecule has 52 heavy (non-hydrogen) atoms. The maximum Gasteiger partial charge on any atom is 0.411 e. The van der Waals surface area contributed by atoms with Gasteiger partial charge in [-0.3, -0.25) is 9.80 Å². The van der Waals surface area contributed by atoms with Gasteiger partial charge in [0.1, 0.15) is 22.9 Å². The Hall–Kier alpha value is -5.38. The molecule has 2 fully saturated rings. The highest BCUT2D eigenvalue weighted by atomic mass is 16.6. The van der Waals surface area contributed by atoms with Crippen molar-refractivity contribution < 1.29 is 19.1 Å². The Morgan fingerprint density at radius 3 is 1.83 bits per heavy atom. The van der Waals surface area contributed by atoms with Gasteiger partial charge < -0.3 is 19.4 Å². The highest BCUT2D eigenvalue weighted by molar-refractivity contribution is 5.90. The van der Waals surface area contributed by atoms with Crippen LogP contribution in [0, 0.1) is 5.92 Å². The highest BCUT2D eigenvalue weighted by Crippen LogP contribution is 2.38. The Morgan fingerprint density at radius 2 is 1.21 bits per heavy atom. The number of likely N-dealkylation sites (tertiary alicyclic amines) is 2. The summed E-state index contributed by atoms with van der Waals surface area (Å²) >= 11 is 0. The molecule has 5 aromatic rings. The number of carbonyl (C=O) groups excluding carboxylic acids is 2. The molecule has 2 aliphatic rings. The van der Waals surface area contributed by atoms with E-state index in [9.17, 15) is 9.59 Å². The predicted molar refractivity (Wildman–Crippen MR) is 203 cm³/mol. The largest absolute Gasteiger partial charge is 0.444 e. The zero-order valence-corrected chi connectivity index (χ0v) is 31.1. The summed E-state index contributed by atoms with van der Waals surface area (Å²) in [7, 11) is 0. The summed E-state index contributed by atoms with van der Waals surface area (Å²) in [5.41, 5.74) is 5.92. The molecule has 0 bridgehead atoms. The number of imidazole rings is 2. The van der Waals surface area contributed by atoms with Gasteiger partial charge in [-0.25, -0.2) is 19.6 Å². The van der Waals surface area contributed by atoms with E-state index in [0.29, 0.717) is 25.4 Å². The molecule has 1 unspecified atom stereocenters. The van der Waals surface area contributed by atoms with Crippen LogP contribution in [0.3, 0.4) is 0 Å². The molecule has 3 aromatic carbocycles. The Kier molecular flexibility index (Phi) is 8.97. The molecule has 2 amide bonds. The van der Waals surface area contributed by atoms with Crippen LogP contribution in [-0.2, 0) is 9.47 Å². The van der Waals surface area contributed by atoms with E-state index < -0.39 is 11.2 Å². The monoisotopic (exact) mass is 700 g/mol. The van der Waals surface area contributed by atoms with Gasteiger partial charge in [-0.05, 0) is 99.9 Å². The normalized spacial score (nSPS) is 19.4. The van der Waals surface area contributed by atoms with E-state index in [1.54, 1.807) is 9.80 Å². The standard InChI is InChI=1S/C42H48N6O4/c1-25-17-35(47(23-25)39(49)51-41(3,4)5)37-43-21-33(45-37)28-11-9-27(10-12-28)29-13-14-31-20-32(16-15-30(31)19-29)34-22-44-38(46-34)36-18-26(2)24-48(36)40(50)52-42(6,7)8/h9-16,19-22,25,35-36H,2,17-18,23-24H2,1,3-8H3,(H,43,45)(H,44,46)/t25?,35-,36-/m0/s1. The molecule has 0 radical (unpaired) electrons. The molecule has 0 aliphatic carbocycles. The maximum absolute atomic E-state index is 13.0. The summed E-state index contributed by atoms with van der Waals surface area (Å²) in [6.45, 7) is 18.7. The van der Waals surface area contributed by atoms with E-state index in [1.165, 1.54) is 0 Å². The van der Waals surface area contributed by atoms with Crippen LogP contribution in [0.5, 0.6) is 0 Å². The third-order valence-corrected chi connectivity index (χ3v) is 9.52. The lowest BCUT2D eigenvalue weighted by atomic mass is 9.98. The fourth-order valence-electron chi connectivity index (χ4n) is 7.12. The Morgan fingerprint density at radius 1 is 0.712 bits per heavy atom. The summed E-state index contributed by atoms with van der Waals surface area (Å²) in [5, 5.41) is 2.25. The highest BCUT2D eigenvalue weighted by Gasteiger charge is 2.39. The van der Waals surface area contributed by atoms with Gasteiger partial charge >= 0.3 is 12.2 Å². The number of hydrogen-bond acceptors (Lipinski definition) is 6. The van der Waals surface area contributed by atoms with Crippen LogP contribution < -0.4 is 0 Å². The average molecular weight is 701 g/mol. The van der Waals surface area contributed by atoms with Gasteiger partial charge in [0, 0.05) is 18.7 Å². The van der Waals surface area contributed by atoms with E-state index in [4.69, 9.17) is 14.5 Å². The second-order valence-electron chi connectivity index (χ2n) is 16.3. The summed E-state index contributed by atoms with van der Waals surface area (Å²) < 4.78 is 11.3. The van der Waals surface area contributed by atoms with E-state index in [0.717, 1.165) is 68.1 Å². The molecule has 270 valence electrons. The topological polar surface area (TPSA) is 116 Å². The summed E-state index contributed by atoms with van der Waals surface area (Å²) in [6, 6.07) is 20.9. The third kappa shape index (κ3) is 7.47. The van der Waals surface area contributed by atoms with E-state index in [2.05, 4.69) is 89.1 Å². The molecular weight excluding hydrogens is 653 g/mol. The first kappa shape index (κ1) is 35.0. The van der Waals surface area contributed by atoms with Gasteiger partial charge in [-0.1, -0.05) is 67.6 Å². The summed E-state index contributed by atoms with van der Waals surface area (Å²) in [4.78, 5) is 45.7. The average Bonchev–Trinajstić information content (AvgIpc) is 3.89. The predicted octanol–water partition coefficient (Wildman–Crippen LogP) is 9.84. The first-order chi connectivity index (χ1) is 24.6. The van der Waals surface area contributed by atoms with Crippen molar-refractivity contribution in [3.8, 4) is 33.6 Å². The van der Waals surface area contributed by atoms with Gasteiger partial charge in [0.05, 0.1) is 35.9 Å². The van der Waals surface area contributed by atoms with Crippen molar-refractivity contribution in [3.63, 3.8) is 0 Å². The van der Waals surface area contributed by atoms with Crippen LogP contribution in [-0.4, -0.2) is 66.2 Å². The van der Waals surface area contributed by atoms with Crippen molar-refractivity contribution in [2.45, 2.75) is 84.6 Å². The fourth-order valence-corrected chi connectivity index (χ4v) is 7.12. The lowest BCUT2D eigenvalue weighted by molar-refractivity contribution is 0.0207. The minimum atomic E-state index is -0.581. The van der Waals surface area contributed by atoms with Crippen LogP contribution >= 0.6 is 0 Å². The Labute approximate surface area is 305 Å². The quantitative estimate of drug-likeness (QED) is 0.176. The summed E-state index contributed by atoms with van der Waals surface area (Å²) in [5.74, 6) is 1.86. The molecule has 2 saturated heterocycles.